The number of rotatable bonds is 13. The first-order valence-corrected chi connectivity index (χ1v) is 10.8. The van der Waals surface area contributed by atoms with E-state index in [0.717, 1.165) is 0 Å². The molecule has 152 valence electrons. The number of carbonyl (C=O) groups excluding carboxylic acids is 3. The minimum atomic E-state index is -1.06. The first kappa shape index (κ1) is 25.8. The molecule has 0 aliphatic carbocycles. The summed E-state index contributed by atoms with van der Waals surface area (Å²) in [5.74, 6) is 0.175. The van der Waals surface area contributed by atoms with E-state index in [1.165, 1.54) is 0 Å². The van der Waals surface area contributed by atoms with Gasteiger partial charge in [0.1, 0.15) is 5.54 Å². The molecule has 0 aromatic carbocycles. The van der Waals surface area contributed by atoms with Gasteiger partial charge >= 0.3 is 0 Å². The van der Waals surface area contributed by atoms with E-state index in [1.54, 1.807) is 20.8 Å². The molecule has 0 heterocycles. The topological polar surface area (TPSA) is 75.3 Å². The highest BCUT2D eigenvalue weighted by Gasteiger charge is 2.43. The van der Waals surface area contributed by atoms with E-state index in [1.807, 2.05) is 13.8 Å². The molecule has 0 aliphatic heterocycles. The highest BCUT2D eigenvalue weighted by molar-refractivity contribution is 7.80. The van der Waals surface area contributed by atoms with Crippen molar-refractivity contribution in [3.05, 3.63) is 0 Å². The predicted octanol–water partition coefficient (Wildman–Crippen LogP) is 2.35. The van der Waals surface area contributed by atoms with Gasteiger partial charge in [-0.2, -0.15) is 37.9 Å². The highest BCUT2D eigenvalue weighted by Crippen LogP contribution is 2.28. The van der Waals surface area contributed by atoms with Crippen molar-refractivity contribution in [1.29, 1.82) is 0 Å². The molecule has 0 aliphatic rings. The van der Waals surface area contributed by atoms with Crippen molar-refractivity contribution in [2.75, 3.05) is 23.8 Å². The van der Waals surface area contributed by atoms with Gasteiger partial charge in [0.25, 0.3) is 0 Å². The summed E-state index contributed by atoms with van der Waals surface area (Å²) in [4.78, 5) is 38.2. The molecule has 0 aromatic heterocycles. The van der Waals surface area contributed by atoms with Crippen LogP contribution in [0, 0.1) is 5.41 Å². The number of hydrogen-bond acceptors (Lipinski definition) is 7. The van der Waals surface area contributed by atoms with Gasteiger partial charge in [-0.15, -0.1) is 0 Å². The standard InChI is InChI=1S/C18H34N2O3S3/c1-6-8-13(21)18(5,12-26)20-15(23)16(3,10-24)9-14(22)17(4,11-25)19-7-2/h19,24-26H,6-12H2,1-5H3,(H,20,23)/t16-,17-,18-/m1/s1. The van der Waals surface area contributed by atoms with Crippen molar-refractivity contribution in [1.82, 2.24) is 10.6 Å². The van der Waals surface area contributed by atoms with Gasteiger partial charge < -0.3 is 10.6 Å². The Morgan fingerprint density at radius 1 is 0.846 bits per heavy atom. The first-order chi connectivity index (χ1) is 12.0. The van der Waals surface area contributed by atoms with E-state index in [9.17, 15) is 14.4 Å². The summed E-state index contributed by atoms with van der Waals surface area (Å²) >= 11 is 12.8. The molecule has 0 radical (unpaired) electrons. The molecule has 0 fully saturated rings. The number of hydrogen-bond donors (Lipinski definition) is 5. The van der Waals surface area contributed by atoms with Crippen LogP contribution in [0.5, 0.6) is 0 Å². The zero-order valence-electron chi connectivity index (χ0n) is 16.5. The molecule has 0 unspecified atom stereocenters. The predicted molar refractivity (Wildman–Crippen MR) is 118 cm³/mol. The van der Waals surface area contributed by atoms with Gasteiger partial charge in [0, 0.05) is 30.1 Å². The summed E-state index contributed by atoms with van der Waals surface area (Å²) in [5.41, 5.74) is -2.90. The molecule has 3 atom stereocenters. The second-order valence-electron chi connectivity index (χ2n) is 7.46. The van der Waals surface area contributed by atoms with Gasteiger partial charge in [0.05, 0.1) is 11.0 Å². The molecule has 0 spiro atoms. The van der Waals surface area contributed by atoms with E-state index < -0.39 is 16.5 Å². The fourth-order valence-electron chi connectivity index (χ4n) is 2.49. The van der Waals surface area contributed by atoms with E-state index in [4.69, 9.17) is 0 Å². The lowest BCUT2D eigenvalue weighted by atomic mass is 9.80. The minimum Gasteiger partial charge on any atom is -0.343 e. The lowest BCUT2D eigenvalue weighted by Crippen LogP contribution is -2.59. The van der Waals surface area contributed by atoms with E-state index in [-0.39, 0.29) is 35.4 Å². The molecule has 0 saturated carbocycles. The van der Waals surface area contributed by atoms with Crippen molar-refractivity contribution in [2.24, 2.45) is 5.41 Å². The number of nitrogens with one attached hydrogen (secondary N) is 2. The molecule has 5 nitrogen and oxygen atoms in total. The highest BCUT2D eigenvalue weighted by atomic mass is 32.1. The number of thiol groups is 3. The largest absolute Gasteiger partial charge is 0.343 e. The van der Waals surface area contributed by atoms with Crippen LogP contribution in [-0.2, 0) is 14.4 Å². The van der Waals surface area contributed by atoms with Crippen molar-refractivity contribution in [2.45, 2.75) is 65.0 Å². The molecule has 2 N–H and O–H groups in total. The summed E-state index contributed by atoms with van der Waals surface area (Å²) in [6, 6.07) is 0. The SMILES string of the molecule is CCCC(=O)[C@@](C)(CS)NC(=O)[C@@](C)(CS)CC(=O)[C@@](C)(CS)NCC. The molecular formula is C18H34N2O3S3. The average molecular weight is 423 g/mol. The third-order valence-electron chi connectivity index (χ3n) is 4.74. The normalized spacial score (nSPS) is 18.3. The number of ketones is 2. The number of amides is 1. The van der Waals surface area contributed by atoms with Crippen LogP contribution in [0.4, 0.5) is 0 Å². The molecule has 0 aromatic rings. The van der Waals surface area contributed by atoms with Gasteiger partial charge in [-0.25, -0.2) is 0 Å². The van der Waals surface area contributed by atoms with Crippen LogP contribution in [0.2, 0.25) is 0 Å². The number of carbonyl (C=O) groups is 3. The fourth-order valence-corrected chi connectivity index (χ4v) is 3.29. The number of Topliss-reactive ketones (excluding diaryl/α,β-unsaturated/α-hetero) is 2. The van der Waals surface area contributed by atoms with Gasteiger partial charge in [0.2, 0.25) is 5.91 Å². The molecule has 8 heteroatoms. The summed E-state index contributed by atoms with van der Waals surface area (Å²) < 4.78 is 0. The van der Waals surface area contributed by atoms with Crippen LogP contribution in [-0.4, -0.2) is 52.4 Å². The molecule has 0 bridgehead atoms. The lowest BCUT2D eigenvalue weighted by Gasteiger charge is -2.36. The van der Waals surface area contributed by atoms with Crippen LogP contribution in [0.25, 0.3) is 0 Å². The maximum atomic E-state index is 12.9. The molecule has 0 saturated heterocycles. The smallest absolute Gasteiger partial charge is 0.228 e. The number of likely N-dealkylation sites (N-methyl/N-ethyl adjacent to an activating group) is 1. The second kappa shape index (κ2) is 11.0. The minimum absolute atomic E-state index is 0.0109. The quantitative estimate of drug-likeness (QED) is 0.295. The molecule has 0 rings (SSSR count). The summed E-state index contributed by atoms with van der Waals surface area (Å²) in [6.45, 7) is 9.60. The summed E-state index contributed by atoms with van der Waals surface area (Å²) in [7, 11) is 0. The van der Waals surface area contributed by atoms with Crippen molar-refractivity contribution in [3.8, 4) is 0 Å². The maximum absolute atomic E-state index is 12.9. The van der Waals surface area contributed by atoms with E-state index in [2.05, 4.69) is 48.5 Å². The maximum Gasteiger partial charge on any atom is 0.228 e. The zero-order valence-corrected chi connectivity index (χ0v) is 19.2. The Labute approximate surface area is 174 Å². The van der Waals surface area contributed by atoms with Crippen LogP contribution in [0.15, 0.2) is 0 Å². The molecule has 1 amide bonds. The Morgan fingerprint density at radius 2 is 1.38 bits per heavy atom. The average Bonchev–Trinajstić information content (AvgIpc) is 2.61. The van der Waals surface area contributed by atoms with E-state index in [0.29, 0.717) is 25.1 Å². The van der Waals surface area contributed by atoms with Crippen LogP contribution in [0.1, 0.15) is 53.9 Å². The van der Waals surface area contributed by atoms with Crippen LogP contribution < -0.4 is 10.6 Å². The third-order valence-corrected chi connectivity index (χ3v) is 6.71. The Bertz CT molecular complexity index is 518. The van der Waals surface area contributed by atoms with Crippen LogP contribution >= 0.6 is 37.9 Å². The van der Waals surface area contributed by atoms with Crippen molar-refractivity contribution < 1.29 is 14.4 Å². The third kappa shape index (κ3) is 6.46. The Kier molecular flexibility index (Phi) is 10.9. The lowest BCUT2D eigenvalue weighted by molar-refractivity contribution is -0.139. The van der Waals surface area contributed by atoms with Gasteiger partial charge in [0.15, 0.2) is 11.6 Å². The monoisotopic (exact) mass is 422 g/mol. The molecule has 26 heavy (non-hydrogen) atoms. The second-order valence-corrected chi connectivity index (χ2v) is 8.41. The van der Waals surface area contributed by atoms with E-state index >= 15 is 0 Å². The van der Waals surface area contributed by atoms with Crippen molar-refractivity contribution in [3.63, 3.8) is 0 Å². The molecular weight excluding hydrogens is 388 g/mol. The zero-order chi connectivity index (χ0) is 20.6. The van der Waals surface area contributed by atoms with Crippen LogP contribution in [0.3, 0.4) is 0 Å². The van der Waals surface area contributed by atoms with Crippen molar-refractivity contribution >= 4 is 55.4 Å². The Morgan fingerprint density at radius 3 is 1.77 bits per heavy atom. The first-order valence-electron chi connectivity index (χ1n) is 8.95. The van der Waals surface area contributed by atoms with Gasteiger partial charge in [-0.05, 0) is 33.7 Å². The Hall–Kier alpha value is -0.180. The fraction of sp³-hybridized carbons (Fsp3) is 0.833. The Balaban J connectivity index is 5.43. The van der Waals surface area contributed by atoms with Gasteiger partial charge in [-0.1, -0.05) is 13.8 Å². The summed E-state index contributed by atoms with van der Waals surface area (Å²) in [5, 5.41) is 5.96. The van der Waals surface area contributed by atoms with Gasteiger partial charge in [-0.3, -0.25) is 14.4 Å². The summed E-state index contributed by atoms with van der Waals surface area (Å²) in [6.07, 6.45) is 1.08.